The summed E-state index contributed by atoms with van der Waals surface area (Å²) in [6.07, 6.45) is 5.59. The summed E-state index contributed by atoms with van der Waals surface area (Å²) in [5.74, 6) is 0.760. The van der Waals surface area contributed by atoms with Gasteiger partial charge in [-0.15, -0.1) is 0 Å². The molecule has 3 aliphatic rings. The first kappa shape index (κ1) is 18.0. The van der Waals surface area contributed by atoms with Crippen molar-refractivity contribution < 1.29 is 9.53 Å². The second-order valence-corrected chi connectivity index (χ2v) is 8.16. The number of rotatable bonds is 6. The SMILES string of the molecule is O=C(CC1CC2CCC(C1)N2)NCc1cccc(CN2CCOCC2)c1. The molecule has 26 heavy (non-hydrogen) atoms. The lowest BCUT2D eigenvalue weighted by molar-refractivity contribution is -0.122. The fourth-order valence-electron chi connectivity index (χ4n) is 4.73. The van der Waals surface area contributed by atoms with Gasteiger partial charge in [0.25, 0.3) is 0 Å². The first-order chi connectivity index (χ1) is 12.7. The molecule has 0 spiro atoms. The molecule has 1 amide bonds. The standard InChI is InChI=1S/C21H31N3O2/c25-21(13-18-11-19-4-5-20(12-18)23-19)22-14-16-2-1-3-17(10-16)15-24-6-8-26-9-7-24/h1-3,10,18-20,23H,4-9,11-15H2,(H,22,25). The summed E-state index contributed by atoms with van der Waals surface area (Å²) in [5.41, 5.74) is 2.50. The van der Waals surface area contributed by atoms with Gasteiger partial charge in [-0.3, -0.25) is 9.69 Å². The van der Waals surface area contributed by atoms with Crippen LogP contribution in [0.5, 0.6) is 0 Å². The summed E-state index contributed by atoms with van der Waals surface area (Å²) < 4.78 is 5.41. The highest BCUT2D eigenvalue weighted by molar-refractivity contribution is 5.76. The van der Waals surface area contributed by atoms with Crippen LogP contribution >= 0.6 is 0 Å². The molecule has 3 saturated heterocycles. The van der Waals surface area contributed by atoms with Crippen LogP contribution < -0.4 is 10.6 Å². The van der Waals surface area contributed by atoms with Crippen molar-refractivity contribution in [2.75, 3.05) is 26.3 Å². The van der Waals surface area contributed by atoms with Gasteiger partial charge in [0.05, 0.1) is 13.2 Å². The monoisotopic (exact) mass is 357 g/mol. The predicted molar refractivity (Wildman–Crippen MR) is 102 cm³/mol. The Hall–Kier alpha value is -1.43. The largest absolute Gasteiger partial charge is 0.379 e. The highest BCUT2D eigenvalue weighted by Crippen LogP contribution is 2.32. The quantitative estimate of drug-likeness (QED) is 0.818. The number of carbonyl (C=O) groups excluding carboxylic acids is 1. The van der Waals surface area contributed by atoms with E-state index in [1.807, 2.05) is 0 Å². The lowest BCUT2D eigenvalue weighted by Crippen LogP contribution is -2.39. The number of ether oxygens (including phenoxy) is 1. The van der Waals surface area contributed by atoms with Crippen LogP contribution in [0, 0.1) is 5.92 Å². The molecule has 5 heteroatoms. The van der Waals surface area contributed by atoms with E-state index >= 15 is 0 Å². The highest BCUT2D eigenvalue weighted by atomic mass is 16.5. The number of piperidine rings is 1. The van der Waals surface area contributed by atoms with Crippen LogP contribution in [0.15, 0.2) is 24.3 Å². The minimum absolute atomic E-state index is 0.204. The van der Waals surface area contributed by atoms with Crippen molar-refractivity contribution in [1.82, 2.24) is 15.5 Å². The fraction of sp³-hybridized carbons (Fsp3) is 0.667. The third kappa shape index (κ3) is 4.84. The molecule has 0 radical (unpaired) electrons. The van der Waals surface area contributed by atoms with Gasteiger partial charge < -0.3 is 15.4 Å². The minimum Gasteiger partial charge on any atom is -0.379 e. The number of nitrogens with one attached hydrogen (secondary N) is 2. The number of carbonyl (C=O) groups is 1. The Morgan fingerprint density at radius 2 is 1.88 bits per heavy atom. The lowest BCUT2D eigenvalue weighted by atomic mass is 9.89. The van der Waals surface area contributed by atoms with Crippen LogP contribution in [-0.4, -0.2) is 49.2 Å². The van der Waals surface area contributed by atoms with Crippen LogP contribution in [-0.2, 0) is 22.6 Å². The van der Waals surface area contributed by atoms with Gasteiger partial charge in [0.15, 0.2) is 0 Å². The van der Waals surface area contributed by atoms with Crippen molar-refractivity contribution in [3.63, 3.8) is 0 Å². The van der Waals surface area contributed by atoms with Gasteiger partial charge in [-0.1, -0.05) is 24.3 Å². The van der Waals surface area contributed by atoms with Crippen molar-refractivity contribution in [2.24, 2.45) is 5.92 Å². The summed E-state index contributed by atoms with van der Waals surface area (Å²) in [6.45, 7) is 5.25. The zero-order chi connectivity index (χ0) is 17.8. The third-order valence-corrected chi connectivity index (χ3v) is 6.04. The van der Waals surface area contributed by atoms with Gasteiger partial charge in [0.1, 0.15) is 0 Å². The number of hydrogen-bond donors (Lipinski definition) is 2. The van der Waals surface area contributed by atoms with Crippen molar-refractivity contribution in [1.29, 1.82) is 0 Å². The van der Waals surface area contributed by atoms with Gasteiger partial charge in [-0.25, -0.2) is 0 Å². The average Bonchev–Trinajstić information content (AvgIpc) is 2.99. The first-order valence-corrected chi connectivity index (χ1v) is 10.2. The van der Waals surface area contributed by atoms with Gasteiger partial charge in [-0.05, 0) is 42.7 Å². The van der Waals surface area contributed by atoms with Gasteiger partial charge in [-0.2, -0.15) is 0 Å². The van der Waals surface area contributed by atoms with E-state index in [4.69, 9.17) is 4.74 Å². The Labute approximate surface area is 156 Å². The molecule has 5 nitrogen and oxygen atoms in total. The Kier molecular flexibility index (Phi) is 5.88. The minimum atomic E-state index is 0.204. The molecule has 0 aromatic heterocycles. The molecule has 4 rings (SSSR count). The molecule has 2 unspecified atom stereocenters. The Morgan fingerprint density at radius 3 is 2.65 bits per heavy atom. The molecular formula is C21H31N3O2. The Bertz CT molecular complexity index is 603. The Balaban J connectivity index is 1.23. The number of nitrogens with zero attached hydrogens (tertiary/aromatic N) is 1. The summed E-state index contributed by atoms with van der Waals surface area (Å²) >= 11 is 0. The van der Waals surface area contributed by atoms with Gasteiger partial charge in [0.2, 0.25) is 5.91 Å². The molecule has 2 N–H and O–H groups in total. The second kappa shape index (κ2) is 8.51. The summed E-state index contributed by atoms with van der Waals surface area (Å²) in [4.78, 5) is 14.8. The summed E-state index contributed by atoms with van der Waals surface area (Å²) in [5, 5.41) is 6.78. The molecule has 2 atom stereocenters. The number of hydrogen-bond acceptors (Lipinski definition) is 4. The maximum absolute atomic E-state index is 12.4. The Morgan fingerprint density at radius 1 is 1.15 bits per heavy atom. The molecule has 0 aliphatic carbocycles. The maximum atomic E-state index is 12.4. The van der Waals surface area contributed by atoms with E-state index < -0.39 is 0 Å². The second-order valence-electron chi connectivity index (χ2n) is 8.16. The van der Waals surface area contributed by atoms with E-state index in [1.54, 1.807) is 0 Å². The molecule has 1 aromatic rings. The highest BCUT2D eigenvalue weighted by Gasteiger charge is 2.34. The third-order valence-electron chi connectivity index (χ3n) is 6.04. The fourth-order valence-corrected chi connectivity index (χ4v) is 4.73. The molecule has 1 aromatic carbocycles. The number of morpholine rings is 1. The molecule has 142 valence electrons. The van der Waals surface area contributed by atoms with E-state index in [9.17, 15) is 4.79 Å². The predicted octanol–water partition coefficient (Wildman–Crippen LogP) is 2.06. The van der Waals surface area contributed by atoms with E-state index in [0.717, 1.165) is 32.8 Å². The first-order valence-electron chi connectivity index (χ1n) is 10.2. The zero-order valence-electron chi connectivity index (χ0n) is 15.6. The van der Waals surface area contributed by atoms with Crippen LogP contribution in [0.3, 0.4) is 0 Å². The van der Waals surface area contributed by atoms with E-state index in [1.165, 1.54) is 36.8 Å². The molecule has 3 aliphatic heterocycles. The van der Waals surface area contributed by atoms with Gasteiger partial charge in [0, 0.05) is 44.7 Å². The average molecular weight is 357 g/mol. The van der Waals surface area contributed by atoms with Crippen LogP contribution in [0.2, 0.25) is 0 Å². The van der Waals surface area contributed by atoms with E-state index in [0.29, 0.717) is 31.0 Å². The maximum Gasteiger partial charge on any atom is 0.220 e. The van der Waals surface area contributed by atoms with Crippen molar-refractivity contribution in [3.05, 3.63) is 35.4 Å². The molecule has 2 bridgehead atoms. The normalized spacial score (nSPS) is 28.8. The van der Waals surface area contributed by atoms with Crippen molar-refractivity contribution in [2.45, 2.75) is 57.3 Å². The van der Waals surface area contributed by atoms with Crippen molar-refractivity contribution in [3.8, 4) is 0 Å². The summed E-state index contributed by atoms with van der Waals surface area (Å²) in [6, 6.07) is 9.91. The topological polar surface area (TPSA) is 53.6 Å². The van der Waals surface area contributed by atoms with E-state index in [-0.39, 0.29) is 5.91 Å². The smallest absolute Gasteiger partial charge is 0.220 e. The number of amides is 1. The molecule has 3 heterocycles. The van der Waals surface area contributed by atoms with Gasteiger partial charge >= 0.3 is 0 Å². The van der Waals surface area contributed by atoms with Crippen molar-refractivity contribution >= 4 is 5.91 Å². The molecule has 0 saturated carbocycles. The van der Waals surface area contributed by atoms with E-state index in [2.05, 4.69) is 39.8 Å². The van der Waals surface area contributed by atoms with Crippen LogP contribution in [0.1, 0.15) is 43.2 Å². The number of fused-ring (bicyclic) bond motifs is 2. The van der Waals surface area contributed by atoms with Crippen LogP contribution in [0.25, 0.3) is 0 Å². The summed E-state index contributed by atoms with van der Waals surface area (Å²) in [7, 11) is 0. The zero-order valence-corrected chi connectivity index (χ0v) is 15.6. The molecular weight excluding hydrogens is 326 g/mol. The van der Waals surface area contributed by atoms with Crippen LogP contribution in [0.4, 0.5) is 0 Å². The number of benzene rings is 1. The molecule has 3 fully saturated rings. The lowest BCUT2D eigenvalue weighted by Gasteiger charge is -2.28.